The Morgan fingerprint density at radius 1 is 1.29 bits per heavy atom. The number of allylic oxidation sites excluding steroid dienone is 1. The largest absolute Gasteiger partial charge is 0.316 e. The topological polar surface area (TPSA) is 12.0 Å². The third-order valence-electron chi connectivity index (χ3n) is 2.46. The van der Waals surface area contributed by atoms with Crippen LogP contribution < -0.4 is 5.32 Å². The Hall–Kier alpha value is -0.860. The maximum Gasteiger partial charge on any atom is 0.128 e. The first-order valence-corrected chi connectivity index (χ1v) is 6.42. The molecule has 0 saturated carbocycles. The fraction of sp³-hybridized carbons (Fsp3) is 0.429. The summed E-state index contributed by atoms with van der Waals surface area (Å²) < 4.78 is 13.4. The molecule has 1 N–H and O–H groups in total. The predicted octanol–water partition coefficient (Wildman–Crippen LogP) is 3.97. The fourth-order valence-corrected chi connectivity index (χ4v) is 1.77. The first-order chi connectivity index (χ1) is 8.25. The van der Waals surface area contributed by atoms with E-state index in [-0.39, 0.29) is 5.82 Å². The molecule has 0 spiro atoms. The van der Waals surface area contributed by atoms with Crippen LogP contribution in [0.2, 0.25) is 5.02 Å². The third kappa shape index (κ3) is 5.33. The summed E-state index contributed by atoms with van der Waals surface area (Å²) in [6.07, 6.45) is 6.70. The second-order valence-corrected chi connectivity index (χ2v) is 4.32. The van der Waals surface area contributed by atoms with Crippen LogP contribution in [0, 0.1) is 5.82 Å². The van der Waals surface area contributed by atoms with Crippen molar-refractivity contribution in [3.63, 3.8) is 0 Å². The van der Waals surface area contributed by atoms with Crippen LogP contribution in [0.25, 0.3) is 0 Å². The van der Waals surface area contributed by atoms with Crippen LogP contribution in [0.5, 0.6) is 0 Å². The highest BCUT2D eigenvalue weighted by Crippen LogP contribution is 2.19. The minimum atomic E-state index is -0.230. The lowest BCUT2D eigenvalue weighted by Crippen LogP contribution is -2.15. The summed E-state index contributed by atoms with van der Waals surface area (Å²) in [4.78, 5) is 0. The predicted molar refractivity (Wildman–Crippen MR) is 72.0 cm³/mol. The van der Waals surface area contributed by atoms with Gasteiger partial charge in [0.2, 0.25) is 0 Å². The highest BCUT2D eigenvalue weighted by Gasteiger charge is 2.03. The number of hydrogen-bond acceptors (Lipinski definition) is 1. The van der Waals surface area contributed by atoms with Crippen molar-refractivity contribution >= 4 is 11.6 Å². The number of benzene rings is 1. The summed E-state index contributed by atoms with van der Waals surface area (Å²) >= 11 is 5.92. The number of rotatable bonds is 7. The van der Waals surface area contributed by atoms with Crippen molar-refractivity contribution in [3.8, 4) is 0 Å². The van der Waals surface area contributed by atoms with Gasteiger partial charge in [-0.25, -0.2) is 4.39 Å². The van der Waals surface area contributed by atoms with Gasteiger partial charge in [-0.3, -0.25) is 0 Å². The van der Waals surface area contributed by atoms with Crippen molar-refractivity contribution in [2.24, 2.45) is 0 Å². The summed E-state index contributed by atoms with van der Waals surface area (Å²) in [5.41, 5.74) is 0.576. The minimum absolute atomic E-state index is 0.230. The summed E-state index contributed by atoms with van der Waals surface area (Å²) in [6.45, 7) is 4.16. The molecule has 17 heavy (non-hydrogen) atoms. The molecule has 0 aliphatic carbocycles. The van der Waals surface area contributed by atoms with E-state index in [1.54, 1.807) is 12.1 Å². The van der Waals surface area contributed by atoms with Crippen molar-refractivity contribution in [2.45, 2.75) is 26.2 Å². The zero-order chi connectivity index (χ0) is 12.5. The molecule has 1 nitrogen and oxygen atoms in total. The molecule has 1 aromatic carbocycles. The van der Waals surface area contributed by atoms with Crippen LogP contribution in [-0.4, -0.2) is 13.1 Å². The van der Waals surface area contributed by atoms with Gasteiger partial charge in [-0.1, -0.05) is 36.7 Å². The lowest BCUT2D eigenvalue weighted by Gasteiger charge is -2.02. The first kappa shape index (κ1) is 14.2. The molecule has 0 amide bonds. The summed E-state index contributed by atoms with van der Waals surface area (Å²) in [5, 5.41) is 3.80. The van der Waals surface area contributed by atoms with Crippen molar-refractivity contribution in [3.05, 3.63) is 46.8 Å². The smallest absolute Gasteiger partial charge is 0.128 e. The molecule has 1 aromatic rings. The summed E-state index contributed by atoms with van der Waals surface area (Å²) in [6, 6.07) is 4.79. The Morgan fingerprint density at radius 2 is 2.12 bits per heavy atom. The van der Waals surface area contributed by atoms with E-state index in [1.165, 1.54) is 6.07 Å². The molecule has 0 aliphatic rings. The molecule has 94 valence electrons. The van der Waals surface area contributed by atoms with Gasteiger partial charge in [0.25, 0.3) is 0 Å². The van der Waals surface area contributed by atoms with E-state index in [4.69, 9.17) is 11.6 Å². The first-order valence-electron chi connectivity index (χ1n) is 6.04. The average molecular weight is 256 g/mol. The SMILES string of the molecule is CCCNCCC=CCc1c(F)cccc1Cl. The quantitative estimate of drug-likeness (QED) is 0.574. The zero-order valence-corrected chi connectivity index (χ0v) is 10.9. The van der Waals surface area contributed by atoms with E-state index in [1.807, 2.05) is 6.08 Å². The Labute approximate surface area is 108 Å². The van der Waals surface area contributed by atoms with Crippen LogP contribution in [0.15, 0.2) is 30.4 Å². The van der Waals surface area contributed by atoms with Crippen molar-refractivity contribution in [1.82, 2.24) is 5.32 Å². The van der Waals surface area contributed by atoms with Gasteiger partial charge in [-0.15, -0.1) is 0 Å². The van der Waals surface area contributed by atoms with Crippen LogP contribution in [0.1, 0.15) is 25.3 Å². The van der Waals surface area contributed by atoms with E-state index < -0.39 is 0 Å². The van der Waals surface area contributed by atoms with Crippen LogP contribution in [0.3, 0.4) is 0 Å². The van der Waals surface area contributed by atoms with Crippen LogP contribution >= 0.6 is 11.6 Å². The van der Waals surface area contributed by atoms with Gasteiger partial charge in [-0.05, 0) is 44.5 Å². The van der Waals surface area contributed by atoms with Crippen molar-refractivity contribution in [2.75, 3.05) is 13.1 Å². The average Bonchev–Trinajstić information content (AvgIpc) is 2.31. The van der Waals surface area contributed by atoms with Gasteiger partial charge in [0, 0.05) is 10.6 Å². The maximum atomic E-state index is 13.4. The van der Waals surface area contributed by atoms with E-state index in [0.29, 0.717) is 17.0 Å². The molecule has 0 radical (unpaired) electrons. The van der Waals surface area contributed by atoms with Gasteiger partial charge in [0.1, 0.15) is 5.82 Å². The molecule has 3 heteroatoms. The standard InChI is InChI=1S/C14H19ClFN/c1-2-10-17-11-5-3-4-7-12-13(15)8-6-9-14(12)16/h3-4,6,8-9,17H,2,5,7,10-11H2,1H3. The molecule has 0 fully saturated rings. The monoisotopic (exact) mass is 255 g/mol. The molecule has 0 heterocycles. The Morgan fingerprint density at radius 3 is 2.82 bits per heavy atom. The Balaban J connectivity index is 2.32. The highest BCUT2D eigenvalue weighted by molar-refractivity contribution is 6.31. The summed E-state index contributed by atoms with van der Waals surface area (Å²) in [7, 11) is 0. The minimum Gasteiger partial charge on any atom is -0.316 e. The van der Waals surface area contributed by atoms with Crippen LogP contribution in [-0.2, 0) is 6.42 Å². The van der Waals surface area contributed by atoms with Gasteiger partial charge >= 0.3 is 0 Å². The number of nitrogens with one attached hydrogen (secondary N) is 1. The van der Waals surface area contributed by atoms with E-state index >= 15 is 0 Å². The lowest BCUT2D eigenvalue weighted by atomic mass is 10.1. The normalized spacial score (nSPS) is 11.2. The van der Waals surface area contributed by atoms with E-state index in [2.05, 4.69) is 18.3 Å². The fourth-order valence-electron chi connectivity index (χ4n) is 1.53. The van der Waals surface area contributed by atoms with Gasteiger partial charge < -0.3 is 5.32 Å². The molecule has 0 aliphatic heterocycles. The van der Waals surface area contributed by atoms with Gasteiger partial charge in [0.05, 0.1) is 0 Å². The Kier molecular flexibility index (Phi) is 6.90. The van der Waals surface area contributed by atoms with Gasteiger partial charge in [0.15, 0.2) is 0 Å². The lowest BCUT2D eigenvalue weighted by molar-refractivity contribution is 0.615. The maximum absolute atomic E-state index is 13.4. The van der Waals surface area contributed by atoms with E-state index in [9.17, 15) is 4.39 Å². The zero-order valence-electron chi connectivity index (χ0n) is 10.2. The van der Waals surface area contributed by atoms with Crippen molar-refractivity contribution < 1.29 is 4.39 Å². The molecule has 0 saturated heterocycles. The molecule has 0 atom stereocenters. The Bertz CT molecular complexity index is 343. The summed E-state index contributed by atoms with van der Waals surface area (Å²) in [5.74, 6) is -0.230. The number of hydrogen-bond donors (Lipinski definition) is 1. The molecule has 0 aromatic heterocycles. The third-order valence-corrected chi connectivity index (χ3v) is 2.82. The molecule has 1 rings (SSSR count). The van der Waals surface area contributed by atoms with Gasteiger partial charge in [-0.2, -0.15) is 0 Å². The van der Waals surface area contributed by atoms with E-state index in [0.717, 1.165) is 25.9 Å². The molecule has 0 unspecified atom stereocenters. The molecule has 0 bridgehead atoms. The molecular formula is C14H19ClFN. The number of halogens is 2. The highest BCUT2D eigenvalue weighted by atomic mass is 35.5. The van der Waals surface area contributed by atoms with Crippen molar-refractivity contribution in [1.29, 1.82) is 0 Å². The molecular weight excluding hydrogens is 237 g/mol. The second kappa shape index (κ2) is 8.26. The van der Waals surface area contributed by atoms with Crippen LogP contribution in [0.4, 0.5) is 4.39 Å². The second-order valence-electron chi connectivity index (χ2n) is 3.91.